The zero-order valence-corrected chi connectivity index (χ0v) is 12.4. The van der Waals surface area contributed by atoms with E-state index in [1.807, 2.05) is 0 Å². The van der Waals surface area contributed by atoms with Gasteiger partial charge in [-0.3, -0.25) is 15.5 Å². The van der Waals surface area contributed by atoms with Crippen molar-refractivity contribution in [2.45, 2.75) is 12.6 Å². The zero-order valence-electron chi connectivity index (χ0n) is 10.9. The highest BCUT2D eigenvalue weighted by molar-refractivity contribution is 6.31. The second-order valence-electron chi connectivity index (χ2n) is 4.09. The largest absolute Gasteiger partial charge is 0.383 e. The molecular formula is C12H15Cl2N5O. The van der Waals surface area contributed by atoms with Gasteiger partial charge in [0.05, 0.1) is 40.8 Å². The van der Waals surface area contributed by atoms with Gasteiger partial charge in [0.15, 0.2) is 0 Å². The van der Waals surface area contributed by atoms with Crippen LogP contribution in [0.4, 0.5) is 0 Å². The lowest BCUT2D eigenvalue weighted by Gasteiger charge is -2.18. The molecule has 0 fully saturated rings. The first kappa shape index (κ1) is 15.2. The molecule has 1 unspecified atom stereocenters. The van der Waals surface area contributed by atoms with Gasteiger partial charge in [0, 0.05) is 13.3 Å². The monoisotopic (exact) mass is 315 g/mol. The smallest absolute Gasteiger partial charge is 0.106 e. The van der Waals surface area contributed by atoms with Gasteiger partial charge in [0.1, 0.15) is 6.04 Å². The average molecular weight is 316 g/mol. The molecule has 2 heterocycles. The topological polar surface area (TPSA) is 78.0 Å². The van der Waals surface area contributed by atoms with Crippen LogP contribution in [-0.2, 0) is 11.3 Å². The highest BCUT2D eigenvalue weighted by Crippen LogP contribution is 2.27. The van der Waals surface area contributed by atoms with Crippen LogP contribution < -0.4 is 11.3 Å². The second-order valence-corrected chi connectivity index (χ2v) is 4.94. The highest BCUT2D eigenvalue weighted by Gasteiger charge is 2.22. The molecule has 0 saturated heterocycles. The molecule has 0 bridgehead atoms. The number of halogens is 2. The quantitative estimate of drug-likeness (QED) is 0.627. The third-order valence-corrected chi connectivity index (χ3v) is 3.34. The van der Waals surface area contributed by atoms with E-state index in [9.17, 15) is 0 Å². The Morgan fingerprint density at radius 2 is 2.20 bits per heavy atom. The van der Waals surface area contributed by atoms with Crippen LogP contribution in [0.5, 0.6) is 0 Å². The molecule has 0 aliphatic carbocycles. The molecule has 2 rings (SSSR count). The normalized spacial score (nSPS) is 12.6. The Kier molecular flexibility index (Phi) is 5.33. The van der Waals surface area contributed by atoms with E-state index < -0.39 is 0 Å². The first-order valence-electron chi connectivity index (χ1n) is 5.95. The molecule has 0 aliphatic rings. The van der Waals surface area contributed by atoms with Gasteiger partial charge in [-0.15, -0.1) is 0 Å². The van der Waals surface area contributed by atoms with Crippen LogP contribution in [0.15, 0.2) is 24.5 Å². The number of pyridine rings is 1. The van der Waals surface area contributed by atoms with Crippen LogP contribution in [0.2, 0.25) is 10.0 Å². The van der Waals surface area contributed by atoms with Crippen molar-refractivity contribution >= 4 is 23.2 Å². The minimum Gasteiger partial charge on any atom is -0.383 e. The predicted octanol–water partition coefficient (Wildman–Crippen LogP) is 1.78. The third-order valence-electron chi connectivity index (χ3n) is 2.83. The summed E-state index contributed by atoms with van der Waals surface area (Å²) in [5.41, 5.74) is 4.15. The summed E-state index contributed by atoms with van der Waals surface area (Å²) in [5, 5.41) is 5.29. The van der Waals surface area contributed by atoms with E-state index in [1.54, 1.807) is 36.3 Å². The number of nitrogens with two attached hydrogens (primary N) is 1. The molecule has 0 radical (unpaired) electrons. The summed E-state index contributed by atoms with van der Waals surface area (Å²) < 4.78 is 6.80. The summed E-state index contributed by atoms with van der Waals surface area (Å²) >= 11 is 12.0. The van der Waals surface area contributed by atoms with Gasteiger partial charge in [-0.25, -0.2) is 5.43 Å². The minimum absolute atomic E-state index is 0.376. The molecule has 0 spiro atoms. The van der Waals surface area contributed by atoms with Crippen LogP contribution in [0.1, 0.15) is 17.4 Å². The van der Waals surface area contributed by atoms with Gasteiger partial charge < -0.3 is 4.74 Å². The van der Waals surface area contributed by atoms with Crippen molar-refractivity contribution in [2.24, 2.45) is 5.84 Å². The fourth-order valence-corrected chi connectivity index (χ4v) is 2.24. The second kappa shape index (κ2) is 7.01. The molecule has 20 heavy (non-hydrogen) atoms. The van der Waals surface area contributed by atoms with Crippen LogP contribution in [0.25, 0.3) is 0 Å². The van der Waals surface area contributed by atoms with Crippen LogP contribution in [0.3, 0.4) is 0 Å². The molecule has 0 amide bonds. The molecule has 0 aromatic carbocycles. The van der Waals surface area contributed by atoms with Crippen molar-refractivity contribution in [1.29, 1.82) is 0 Å². The first-order chi connectivity index (χ1) is 9.67. The maximum atomic E-state index is 6.21. The number of nitrogens with one attached hydrogen (secondary N) is 1. The van der Waals surface area contributed by atoms with Crippen molar-refractivity contribution < 1.29 is 4.74 Å². The van der Waals surface area contributed by atoms with E-state index in [2.05, 4.69) is 15.5 Å². The molecule has 3 N–H and O–H groups in total. The lowest BCUT2D eigenvalue weighted by Crippen LogP contribution is -2.32. The molecule has 108 valence electrons. The van der Waals surface area contributed by atoms with E-state index in [-0.39, 0.29) is 6.04 Å². The molecule has 0 saturated carbocycles. The van der Waals surface area contributed by atoms with E-state index in [4.69, 9.17) is 33.8 Å². The SMILES string of the molecule is COCCn1ncc(Cl)c1C(NN)c1ccc(Cl)cn1. The predicted molar refractivity (Wildman–Crippen MR) is 77.5 cm³/mol. The zero-order chi connectivity index (χ0) is 14.5. The minimum atomic E-state index is -0.376. The van der Waals surface area contributed by atoms with Gasteiger partial charge in [-0.1, -0.05) is 23.2 Å². The lowest BCUT2D eigenvalue weighted by atomic mass is 10.1. The summed E-state index contributed by atoms with van der Waals surface area (Å²) in [5.74, 6) is 5.65. The third kappa shape index (κ3) is 3.28. The number of hydrogen-bond donors (Lipinski definition) is 2. The highest BCUT2D eigenvalue weighted by atomic mass is 35.5. The number of ether oxygens (including phenoxy) is 1. The summed E-state index contributed by atoms with van der Waals surface area (Å²) in [6, 6.07) is 3.16. The van der Waals surface area contributed by atoms with Gasteiger partial charge in [0.2, 0.25) is 0 Å². The summed E-state index contributed by atoms with van der Waals surface area (Å²) in [6.07, 6.45) is 3.14. The number of aromatic nitrogens is 3. The van der Waals surface area contributed by atoms with Gasteiger partial charge >= 0.3 is 0 Å². The Hall–Kier alpha value is -1.18. The van der Waals surface area contributed by atoms with Crippen molar-refractivity contribution in [1.82, 2.24) is 20.2 Å². The maximum absolute atomic E-state index is 6.21. The van der Waals surface area contributed by atoms with Gasteiger partial charge in [-0.05, 0) is 12.1 Å². The first-order valence-corrected chi connectivity index (χ1v) is 6.70. The molecule has 2 aromatic heterocycles. The Labute approximate surface area is 126 Å². The van der Waals surface area contributed by atoms with Crippen molar-refractivity contribution in [2.75, 3.05) is 13.7 Å². The standard InChI is InChI=1S/C12H15Cl2N5O/c1-20-5-4-19-12(9(14)7-17-19)11(18-15)10-3-2-8(13)6-16-10/h2-3,6-7,11,18H,4-5,15H2,1H3. The average Bonchev–Trinajstić information content (AvgIpc) is 2.81. The van der Waals surface area contributed by atoms with Crippen LogP contribution in [0, 0.1) is 0 Å². The maximum Gasteiger partial charge on any atom is 0.106 e. The van der Waals surface area contributed by atoms with Crippen LogP contribution >= 0.6 is 23.2 Å². The van der Waals surface area contributed by atoms with Crippen molar-refractivity contribution in [3.05, 3.63) is 46.0 Å². The van der Waals surface area contributed by atoms with Gasteiger partial charge in [0.25, 0.3) is 0 Å². The molecule has 6 nitrogen and oxygen atoms in total. The van der Waals surface area contributed by atoms with Crippen molar-refractivity contribution in [3.63, 3.8) is 0 Å². The van der Waals surface area contributed by atoms with E-state index >= 15 is 0 Å². The Morgan fingerprint density at radius 3 is 2.80 bits per heavy atom. The fourth-order valence-electron chi connectivity index (χ4n) is 1.88. The number of nitrogens with zero attached hydrogens (tertiary/aromatic N) is 3. The lowest BCUT2D eigenvalue weighted by molar-refractivity contribution is 0.182. The number of rotatable bonds is 6. The Balaban J connectivity index is 2.35. The number of hydrazine groups is 1. The summed E-state index contributed by atoms with van der Waals surface area (Å²) in [4.78, 5) is 4.26. The molecule has 0 aliphatic heterocycles. The molecule has 8 heteroatoms. The summed E-state index contributed by atoms with van der Waals surface area (Å²) in [6.45, 7) is 1.10. The fraction of sp³-hybridized carbons (Fsp3) is 0.333. The number of hydrogen-bond acceptors (Lipinski definition) is 5. The van der Waals surface area contributed by atoms with E-state index in [0.29, 0.717) is 28.9 Å². The van der Waals surface area contributed by atoms with E-state index in [0.717, 1.165) is 5.69 Å². The van der Waals surface area contributed by atoms with Crippen molar-refractivity contribution in [3.8, 4) is 0 Å². The molecule has 1 atom stereocenters. The summed E-state index contributed by atoms with van der Waals surface area (Å²) in [7, 11) is 1.63. The van der Waals surface area contributed by atoms with Crippen LogP contribution in [-0.4, -0.2) is 28.5 Å². The molecule has 2 aromatic rings. The Morgan fingerprint density at radius 1 is 1.40 bits per heavy atom. The van der Waals surface area contributed by atoms with E-state index in [1.165, 1.54) is 0 Å². The number of methoxy groups -OCH3 is 1. The molecular weight excluding hydrogens is 301 g/mol. The Bertz CT molecular complexity index is 557. The van der Waals surface area contributed by atoms with Gasteiger partial charge in [-0.2, -0.15) is 5.10 Å².